The molecule has 2 N–H and O–H groups in total. The third-order valence-electron chi connectivity index (χ3n) is 2.05. The smallest absolute Gasteiger partial charge is 0.417 e. The van der Waals surface area contributed by atoms with Crippen molar-refractivity contribution in [2.75, 3.05) is 6.54 Å². The zero-order valence-corrected chi connectivity index (χ0v) is 8.12. The maximum Gasteiger partial charge on any atom is 0.417 e. The molecule has 1 amide bonds. The van der Waals surface area contributed by atoms with Crippen molar-refractivity contribution in [2.24, 2.45) is 0 Å². The number of fused-ring (bicyclic) bond motifs is 1. The van der Waals surface area contributed by atoms with Crippen LogP contribution in [0.15, 0.2) is 23.1 Å². The molecule has 1 aromatic carbocycles. The van der Waals surface area contributed by atoms with Crippen LogP contribution in [0.1, 0.15) is 5.56 Å². The fraction of sp³-hybridized carbons (Fsp3) is 0.222. The molecule has 0 saturated carbocycles. The van der Waals surface area contributed by atoms with Crippen molar-refractivity contribution in [1.82, 2.24) is 4.31 Å². The van der Waals surface area contributed by atoms with Crippen LogP contribution in [-0.2, 0) is 6.42 Å². The number of rotatable bonds is 0. The van der Waals surface area contributed by atoms with Crippen molar-refractivity contribution in [3.8, 4) is 5.75 Å². The minimum Gasteiger partial charge on any atom is -0.508 e. The number of carboxylic acid groups (broad SMARTS) is 1. The van der Waals surface area contributed by atoms with Gasteiger partial charge in [-0.05, 0) is 42.1 Å². The van der Waals surface area contributed by atoms with E-state index in [2.05, 4.69) is 0 Å². The van der Waals surface area contributed by atoms with Crippen LogP contribution in [0.5, 0.6) is 5.75 Å². The number of carbonyl (C=O) groups is 1. The minimum absolute atomic E-state index is 0.230. The van der Waals surface area contributed by atoms with Crippen molar-refractivity contribution in [3.63, 3.8) is 0 Å². The number of aromatic hydroxyl groups is 1. The number of hydrogen-bond acceptors (Lipinski definition) is 3. The summed E-state index contributed by atoms with van der Waals surface area (Å²) in [5.41, 5.74) is 1.01. The van der Waals surface area contributed by atoms with Gasteiger partial charge in [-0.1, -0.05) is 0 Å². The Kier molecular flexibility index (Phi) is 2.25. The Hall–Kier alpha value is -1.36. The molecule has 1 aromatic rings. The van der Waals surface area contributed by atoms with Crippen molar-refractivity contribution in [2.45, 2.75) is 11.3 Å². The Morgan fingerprint density at radius 1 is 1.50 bits per heavy atom. The van der Waals surface area contributed by atoms with Gasteiger partial charge in [-0.15, -0.1) is 0 Å². The molecule has 1 heterocycles. The molecule has 0 aromatic heterocycles. The van der Waals surface area contributed by atoms with Crippen LogP contribution in [0.4, 0.5) is 4.79 Å². The maximum absolute atomic E-state index is 10.7. The minimum atomic E-state index is -0.922. The SMILES string of the molecule is O=C(O)N1CCc2cc(O)ccc2S1. The van der Waals surface area contributed by atoms with Crippen LogP contribution in [-0.4, -0.2) is 27.2 Å². The molecule has 0 aliphatic carbocycles. The van der Waals surface area contributed by atoms with Crippen molar-refractivity contribution < 1.29 is 15.0 Å². The van der Waals surface area contributed by atoms with E-state index >= 15 is 0 Å². The number of nitrogens with zero attached hydrogens (tertiary/aromatic N) is 1. The summed E-state index contributed by atoms with van der Waals surface area (Å²) in [7, 11) is 0. The van der Waals surface area contributed by atoms with Crippen molar-refractivity contribution in [1.29, 1.82) is 0 Å². The summed E-state index contributed by atoms with van der Waals surface area (Å²) in [6, 6.07) is 4.99. The summed E-state index contributed by atoms with van der Waals surface area (Å²) in [6.07, 6.45) is -0.267. The quantitative estimate of drug-likeness (QED) is 0.644. The van der Waals surface area contributed by atoms with Gasteiger partial charge in [-0.25, -0.2) is 9.10 Å². The van der Waals surface area contributed by atoms with Gasteiger partial charge in [0.2, 0.25) is 0 Å². The van der Waals surface area contributed by atoms with E-state index in [-0.39, 0.29) is 5.75 Å². The van der Waals surface area contributed by atoms with Gasteiger partial charge in [0, 0.05) is 11.4 Å². The van der Waals surface area contributed by atoms with Gasteiger partial charge >= 0.3 is 6.09 Å². The highest BCUT2D eigenvalue weighted by atomic mass is 32.2. The molecule has 0 spiro atoms. The number of phenols is 1. The number of amides is 1. The van der Waals surface area contributed by atoms with Crippen LogP contribution < -0.4 is 0 Å². The van der Waals surface area contributed by atoms with E-state index in [0.717, 1.165) is 10.5 Å². The summed E-state index contributed by atoms with van der Waals surface area (Å²) in [6.45, 7) is 0.469. The van der Waals surface area contributed by atoms with Crippen molar-refractivity contribution in [3.05, 3.63) is 23.8 Å². The van der Waals surface area contributed by atoms with Gasteiger partial charge < -0.3 is 10.2 Å². The molecule has 74 valence electrons. The molecule has 0 unspecified atom stereocenters. The fourth-order valence-electron chi connectivity index (χ4n) is 1.37. The first-order chi connectivity index (χ1) is 6.66. The second kappa shape index (κ2) is 3.42. The summed E-state index contributed by atoms with van der Waals surface area (Å²) < 4.78 is 1.29. The Labute approximate surface area is 85.3 Å². The largest absolute Gasteiger partial charge is 0.508 e. The lowest BCUT2D eigenvalue weighted by Gasteiger charge is -2.24. The topological polar surface area (TPSA) is 60.8 Å². The lowest BCUT2D eigenvalue weighted by molar-refractivity contribution is 0.175. The Morgan fingerprint density at radius 3 is 3.00 bits per heavy atom. The third kappa shape index (κ3) is 1.63. The van der Waals surface area contributed by atoms with E-state index in [4.69, 9.17) is 5.11 Å². The average Bonchev–Trinajstić information content (AvgIpc) is 2.16. The molecular weight excluding hydrogens is 202 g/mol. The molecule has 0 atom stereocenters. The number of hydrogen-bond donors (Lipinski definition) is 2. The fourth-order valence-corrected chi connectivity index (χ4v) is 2.28. The molecule has 0 bridgehead atoms. The van der Waals surface area contributed by atoms with Crippen LogP contribution in [0, 0.1) is 0 Å². The molecule has 1 aliphatic rings. The van der Waals surface area contributed by atoms with E-state index in [9.17, 15) is 9.90 Å². The van der Waals surface area contributed by atoms with Crippen LogP contribution in [0.3, 0.4) is 0 Å². The molecule has 0 fully saturated rings. The van der Waals surface area contributed by atoms with Crippen LogP contribution in [0.25, 0.3) is 0 Å². The summed E-state index contributed by atoms with van der Waals surface area (Å²) >= 11 is 1.20. The van der Waals surface area contributed by atoms with E-state index in [1.165, 1.54) is 16.3 Å². The molecule has 4 nitrogen and oxygen atoms in total. The molecule has 0 radical (unpaired) electrons. The second-order valence-corrected chi connectivity index (χ2v) is 4.08. The van der Waals surface area contributed by atoms with E-state index in [1.807, 2.05) is 0 Å². The standard InChI is InChI=1S/C9H9NO3S/c11-7-1-2-8-6(5-7)3-4-10(14-8)9(12)13/h1-2,5,11H,3-4H2,(H,12,13). The van der Waals surface area contributed by atoms with Gasteiger partial charge in [-0.3, -0.25) is 0 Å². The molecular formula is C9H9NO3S. The molecule has 2 rings (SSSR count). The zero-order valence-electron chi connectivity index (χ0n) is 7.30. The second-order valence-electron chi connectivity index (χ2n) is 3.02. The lowest BCUT2D eigenvalue weighted by Crippen LogP contribution is -2.27. The van der Waals surface area contributed by atoms with Gasteiger partial charge in [0.25, 0.3) is 0 Å². The Bertz CT molecular complexity index is 380. The van der Waals surface area contributed by atoms with Gasteiger partial charge in [0.05, 0.1) is 0 Å². The summed E-state index contributed by atoms with van der Waals surface area (Å²) in [4.78, 5) is 11.6. The van der Waals surface area contributed by atoms with Gasteiger partial charge in [0.1, 0.15) is 5.75 Å². The van der Waals surface area contributed by atoms with Gasteiger partial charge in [-0.2, -0.15) is 0 Å². The van der Waals surface area contributed by atoms with Crippen LogP contribution >= 0.6 is 11.9 Å². The first-order valence-electron chi connectivity index (χ1n) is 4.17. The van der Waals surface area contributed by atoms with Crippen molar-refractivity contribution >= 4 is 18.0 Å². The highest BCUT2D eigenvalue weighted by molar-refractivity contribution is 7.97. The monoisotopic (exact) mass is 211 g/mol. The number of benzene rings is 1. The Morgan fingerprint density at radius 2 is 2.29 bits per heavy atom. The van der Waals surface area contributed by atoms with E-state index in [0.29, 0.717) is 13.0 Å². The molecule has 5 heteroatoms. The molecule has 14 heavy (non-hydrogen) atoms. The highest BCUT2D eigenvalue weighted by Crippen LogP contribution is 2.33. The maximum atomic E-state index is 10.7. The number of phenolic OH excluding ortho intramolecular Hbond substituents is 1. The first-order valence-corrected chi connectivity index (χ1v) is 4.94. The predicted molar refractivity (Wildman–Crippen MR) is 52.4 cm³/mol. The van der Waals surface area contributed by atoms with E-state index in [1.54, 1.807) is 18.2 Å². The summed E-state index contributed by atoms with van der Waals surface area (Å²) in [5.74, 6) is 0.230. The van der Waals surface area contributed by atoms with Crippen LogP contribution in [0.2, 0.25) is 0 Å². The molecule has 0 saturated heterocycles. The van der Waals surface area contributed by atoms with E-state index < -0.39 is 6.09 Å². The predicted octanol–water partition coefficient (Wildman–Crippen LogP) is 1.94. The van der Waals surface area contributed by atoms with Gasteiger partial charge in [0.15, 0.2) is 0 Å². The third-order valence-corrected chi connectivity index (χ3v) is 3.20. The average molecular weight is 211 g/mol. The zero-order chi connectivity index (χ0) is 10.1. The molecule has 1 aliphatic heterocycles. The first kappa shape index (κ1) is 9.21. The highest BCUT2D eigenvalue weighted by Gasteiger charge is 2.21. The Balaban J connectivity index is 2.27. The lowest BCUT2D eigenvalue weighted by atomic mass is 10.1. The summed E-state index contributed by atoms with van der Waals surface area (Å²) in [5, 5.41) is 18.0. The normalized spacial score (nSPS) is 15.0.